The fourth-order valence-electron chi connectivity index (χ4n) is 2.31. The number of amides is 1. The van der Waals surface area contributed by atoms with Gasteiger partial charge in [-0.1, -0.05) is 0 Å². The Hall–Kier alpha value is -0.810. The number of halogens is 1. The van der Waals surface area contributed by atoms with Gasteiger partial charge in [-0.25, -0.2) is 9.97 Å². The lowest BCUT2D eigenvalue weighted by Crippen LogP contribution is -2.32. The van der Waals surface area contributed by atoms with E-state index in [2.05, 4.69) is 16.2 Å². The maximum atomic E-state index is 12.4. The average Bonchev–Trinajstić information content (AvgIpc) is 2.61. The molecule has 0 N–H and O–H groups in total. The zero-order valence-corrected chi connectivity index (χ0v) is 12.8. The summed E-state index contributed by atoms with van der Waals surface area (Å²) >= 11 is 7.70. The molecule has 1 fully saturated rings. The molecule has 0 aromatic carbocycles. The van der Waals surface area contributed by atoms with Gasteiger partial charge in [0.2, 0.25) is 5.28 Å². The van der Waals surface area contributed by atoms with Crippen LogP contribution in [0.25, 0.3) is 0 Å². The monoisotopic (exact) mass is 299 g/mol. The Labute approximate surface area is 122 Å². The van der Waals surface area contributed by atoms with Crippen LogP contribution in [0.15, 0.2) is 6.07 Å². The molecule has 104 valence electrons. The van der Waals surface area contributed by atoms with Gasteiger partial charge in [0.05, 0.1) is 0 Å². The van der Waals surface area contributed by atoms with Crippen molar-refractivity contribution in [2.45, 2.75) is 31.4 Å². The molecule has 6 heteroatoms. The zero-order valence-electron chi connectivity index (χ0n) is 11.2. The summed E-state index contributed by atoms with van der Waals surface area (Å²) < 4.78 is 0. The fourth-order valence-corrected chi connectivity index (χ4v) is 3.28. The van der Waals surface area contributed by atoms with Crippen LogP contribution < -0.4 is 0 Å². The largest absolute Gasteiger partial charge is 0.337 e. The molecule has 0 radical (unpaired) electrons. The highest BCUT2D eigenvalue weighted by molar-refractivity contribution is 7.99. The first kappa shape index (κ1) is 14.6. The van der Waals surface area contributed by atoms with Crippen LogP contribution in [0.1, 0.15) is 35.4 Å². The molecule has 1 aliphatic rings. The van der Waals surface area contributed by atoms with E-state index in [1.807, 2.05) is 23.6 Å². The van der Waals surface area contributed by atoms with Crippen molar-refractivity contribution < 1.29 is 4.79 Å². The molecular formula is C13H18ClN3OS. The molecular weight excluding hydrogens is 282 g/mol. The number of carbonyl (C=O) groups is 1. The van der Waals surface area contributed by atoms with E-state index < -0.39 is 0 Å². The van der Waals surface area contributed by atoms with Crippen LogP contribution in [-0.2, 0) is 0 Å². The number of hydrogen-bond acceptors (Lipinski definition) is 4. The first-order chi connectivity index (χ1) is 9.10. The summed E-state index contributed by atoms with van der Waals surface area (Å²) in [6.45, 7) is 3.41. The van der Waals surface area contributed by atoms with E-state index in [4.69, 9.17) is 11.6 Å². The minimum Gasteiger partial charge on any atom is -0.337 e. The lowest BCUT2D eigenvalue weighted by atomic mass is 10.2. The van der Waals surface area contributed by atoms with Crippen molar-refractivity contribution in [2.24, 2.45) is 0 Å². The van der Waals surface area contributed by atoms with Gasteiger partial charge in [-0.15, -0.1) is 0 Å². The van der Waals surface area contributed by atoms with Crippen molar-refractivity contribution >= 4 is 29.3 Å². The second-order valence-electron chi connectivity index (χ2n) is 4.74. The third-order valence-electron chi connectivity index (χ3n) is 3.34. The number of aromatic nitrogens is 2. The molecule has 1 aromatic rings. The molecule has 0 bridgehead atoms. The molecule has 1 saturated heterocycles. The van der Waals surface area contributed by atoms with E-state index in [0.717, 1.165) is 31.6 Å². The quantitative estimate of drug-likeness (QED) is 0.788. The number of aryl methyl sites for hydroxylation is 1. The Morgan fingerprint density at radius 1 is 1.42 bits per heavy atom. The predicted octanol–water partition coefficient (Wildman–Crippen LogP) is 2.80. The van der Waals surface area contributed by atoms with Gasteiger partial charge in [-0.3, -0.25) is 4.79 Å². The molecule has 2 rings (SSSR count). The summed E-state index contributed by atoms with van der Waals surface area (Å²) in [7, 11) is 0. The van der Waals surface area contributed by atoms with E-state index in [0.29, 0.717) is 10.9 Å². The minimum atomic E-state index is -0.0332. The second kappa shape index (κ2) is 6.57. The van der Waals surface area contributed by atoms with Gasteiger partial charge in [0.15, 0.2) is 0 Å². The average molecular weight is 300 g/mol. The molecule has 1 amide bonds. The standard InChI is InChI=1S/C13H18ClN3OS/c1-9-8-11(16-13(14)15-9)12(18)17-6-3-4-10(19-2)5-7-17/h8,10H,3-7H2,1-2H3. The van der Waals surface area contributed by atoms with Crippen LogP contribution in [0.5, 0.6) is 0 Å². The molecule has 2 heterocycles. The molecule has 19 heavy (non-hydrogen) atoms. The van der Waals surface area contributed by atoms with Gasteiger partial charge in [-0.05, 0) is 50.1 Å². The van der Waals surface area contributed by atoms with Crippen LogP contribution in [0, 0.1) is 6.92 Å². The number of thioether (sulfide) groups is 1. The van der Waals surface area contributed by atoms with E-state index in [9.17, 15) is 4.79 Å². The Morgan fingerprint density at radius 3 is 2.89 bits per heavy atom. The van der Waals surface area contributed by atoms with E-state index in [-0.39, 0.29) is 11.2 Å². The Kier molecular flexibility index (Phi) is 5.05. The van der Waals surface area contributed by atoms with Crippen molar-refractivity contribution in [2.75, 3.05) is 19.3 Å². The van der Waals surface area contributed by atoms with Gasteiger partial charge in [0.25, 0.3) is 5.91 Å². The zero-order chi connectivity index (χ0) is 13.8. The van der Waals surface area contributed by atoms with Gasteiger partial charge >= 0.3 is 0 Å². The normalized spacial score (nSPS) is 20.2. The van der Waals surface area contributed by atoms with Crippen molar-refractivity contribution in [3.63, 3.8) is 0 Å². The lowest BCUT2D eigenvalue weighted by molar-refractivity contribution is 0.0755. The van der Waals surface area contributed by atoms with Crippen LogP contribution >= 0.6 is 23.4 Å². The van der Waals surface area contributed by atoms with Crippen LogP contribution in [0.2, 0.25) is 5.28 Å². The van der Waals surface area contributed by atoms with Crippen LogP contribution in [0.3, 0.4) is 0 Å². The first-order valence-corrected chi connectivity index (χ1v) is 8.10. The summed E-state index contributed by atoms with van der Waals surface area (Å²) in [6.07, 6.45) is 5.41. The molecule has 1 aromatic heterocycles. The van der Waals surface area contributed by atoms with Gasteiger partial charge < -0.3 is 4.90 Å². The van der Waals surface area contributed by atoms with Crippen molar-refractivity contribution in [1.29, 1.82) is 0 Å². The van der Waals surface area contributed by atoms with Crippen LogP contribution in [0.4, 0.5) is 0 Å². The fraction of sp³-hybridized carbons (Fsp3) is 0.615. The number of rotatable bonds is 2. The maximum absolute atomic E-state index is 12.4. The predicted molar refractivity (Wildman–Crippen MR) is 78.8 cm³/mol. The van der Waals surface area contributed by atoms with E-state index in [1.165, 1.54) is 6.42 Å². The van der Waals surface area contributed by atoms with E-state index in [1.54, 1.807) is 6.07 Å². The molecule has 4 nitrogen and oxygen atoms in total. The summed E-state index contributed by atoms with van der Waals surface area (Å²) in [6, 6.07) is 1.70. The highest BCUT2D eigenvalue weighted by Gasteiger charge is 2.22. The molecule has 1 unspecified atom stereocenters. The summed E-state index contributed by atoms with van der Waals surface area (Å²) in [5.74, 6) is -0.0332. The summed E-state index contributed by atoms with van der Waals surface area (Å²) in [5, 5.41) is 0.800. The van der Waals surface area contributed by atoms with Gasteiger partial charge in [0, 0.05) is 24.0 Å². The highest BCUT2D eigenvalue weighted by atomic mass is 35.5. The van der Waals surface area contributed by atoms with Crippen molar-refractivity contribution in [3.8, 4) is 0 Å². The van der Waals surface area contributed by atoms with E-state index >= 15 is 0 Å². The van der Waals surface area contributed by atoms with Gasteiger partial charge in [-0.2, -0.15) is 11.8 Å². The number of hydrogen-bond donors (Lipinski definition) is 0. The third kappa shape index (κ3) is 3.83. The molecule has 1 aliphatic heterocycles. The lowest BCUT2D eigenvalue weighted by Gasteiger charge is -2.20. The highest BCUT2D eigenvalue weighted by Crippen LogP contribution is 2.22. The van der Waals surface area contributed by atoms with Gasteiger partial charge in [0.1, 0.15) is 5.69 Å². The van der Waals surface area contributed by atoms with Crippen LogP contribution in [-0.4, -0.2) is 45.4 Å². The number of likely N-dealkylation sites (tertiary alicyclic amines) is 1. The second-order valence-corrected chi connectivity index (χ2v) is 6.22. The molecule has 0 aliphatic carbocycles. The van der Waals surface area contributed by atoms with Crippen molar-refractivity contribution in [3.05, 3.63) is 22.7 Å². The maximum Gasteiger partial charge on any atom is 0.272 e. The summed E-state index contributed by atoms with van der Waals surface area (Å²) in [4.78, 5) is 22.3. The number of carbonyl (C=O) groups excluding carboxylic acids is 1. The summed E-state index contributed by atoms with van der Waals surface area (Å²) in [5.41, 5.74) is 1.13. The molecule has 1 atom stereocenters. The SMILES string of the molecule is CSC1CCCN(C(=O)c2cc(C)nc(Cl)n2)CC1. The van der Waals surface area contributed by atoms with Crippen molar-refractivity contribution in [1.82, 2.24) is 14.9 Å². The minimum absolute atomic E-state index is 0.0332. The number of nitrogens with zero attached hydrogens (tertiary/aromatic N) is 3. The molecule has 0 spiro atoms. The molecule has 0 saturated carbocycles. The third-order valence-corrected chi connectivity index (χ3v) is 4.65. The Morgan fingerprint density at radius 2 is 2.21 bits per heavy atom. The Balaban J connectivity index is 2.10. The Bertz CT molecular complexity index is 449. The topological polar surface area (TPSA) is 46.1 Å². The first-order valence-electron chi connectivity index (χ1n) is 6.43. The smallest absolute Gasteiger partial charge is 0.272 e.